The number of nitrogens with one attached hydrogen (secondary N) is 1. The molecule has 92 valence electrons. The zero-order chi connectivity index (χ0) is 13.0. The van der Waals surface area contributed by atoms with Crippen molar-refractivity contribution in [2.75, 3.05) is 11.1 Å². The van der Waals surface area contributed by atoms with E-state index in [4.69, 9.17) is 5.73 Å². The lowest BCUT2D eigenvalue weighted by Crippen LogP contribution is -2.16. The van der Waals surface area contributed by atoms with E-state index in [2.05, 4.69) is 10.3 Å². The number of carbonyl (C=O) groups excluding carboxylic acids is 1. The maximum absolute atomic E-state index is 12.7. The third-order valence-corrected chi connectivity index (χ3v) is 2.37. The fourth-order valence-corrected chi connectivity index (χ4v) is 1.49. The van der Waals surface area contributed by atoms with Crippen molar-refractivity contribution < 1.29 is 9.18 Å². The van der Waals surface area contributed by atoms with Gasteiger partial charge in [-0.05, 0) is 29.8 Å². The zero-order valence-corrected chi connectivity index (χ0v) is 9.56. The quantitative estimate of drug-likeness (QED) is 0.868. The summed E-state index contributed by atoms with van der Waals surface area (Å²) in [4.78, 5) is 15.7. The third kappa shape index (κ3) is 3.04. The van der Waals surface area contributed by atoms with Crippen LogP contribution in [0.5, 0.6) is 0 Å². The Balaban J connectivity index is 2.01. The second kappa shape index (κ2) is 5.27. The van der Waals surface area contributed by atoms with E-state index in [1.807, 2.05) is 0 Å². The number of hydrogen-bond acceptors (Lipinski definition) is 3. The molecule has 1 aromatic carbocycles. The molecule has 0 aliphatic heterocycles. The lowest BCUT2D eigenvalue weighted by molar-refractivity contribution is -0.115. The highest BCUT2D eigenvalue weighted by molar-refractivity contribution is 5.93. The number of amides is 1. The second-order valence-corrected chi connectivity index (χ2v) is 3.79. The summed E-state index contributed by atoms with van der Waals surface area (Å²) in [7, 11) is 0. The van der Waals surface area contributed by atoms with Crippen LogP contribution in [0.4, 0.5) is 15.9 Å². The molecule has 2 aromatic rings. The van der Waals surface area contributed by atoms with Crippen LogP contribution in [0.3, 0.4) is 0 Å². The Morgan fingerprint density at radius 3 is 2.67 bits per heavy atom. The average Bonchev–Trinajstić information content (AvgIpc) is 2.35. The molecule has 1 aromatic heterocycles. The minimum absolute atomic E-state index is 0.149. The molecule has 0 bridgehead atoms. The summed E-state index contributed by atoms with van der Waals surface area (Å²) >= 11 is 0. The van der Waals surface area contributed by atoms with Crippen molar-refractivity contribution in [2.45, 2.75) is 6.42 Å². The van der Waals surface area contributed by atoms with Gasteiger partial charge in [-0.15, -0.1) is 0 Å². The molecule has 1 amide bonds. The molecular weight excluding hydrogens is 233 g/mol. The normalized spacial score (nSPS) is 10.1. The van der Waals surface area contributed by atoms with Crippen LogP contribution < -0.4 is 11.1 Å². The number of halogens is 1. The van der Waals surface area contributed by atoms with E-state index in [0.29, 0.717) is 11.5 Å². The predicted octanol–water partition coefficient (Wildman–Crippen LogP) is 1.98. The van der Waals surface area contributed by atoms with Crippen LogP contribution in [0, 0.1) is 5.82 Å². The Hall–Kier alpha value is -2.43. The average molecular weight is 245 g/mol. The van der Waals surface area contributed by atoms with Gasteiger partial charge in [0.2, 0.25) is 5.91 Å². The van der Waals surface area contributed by atoms with E-state index in [-0.39, 0.29) is 18.1 Å². The Labute approximate surface area is 104 Å². The first kappa shape index (κ1) is 12.0. The van der Waals surface area contributed by atoms with E-state index in [9.17, 15) is 9.18 Å². The number of hydrogen-bond donors (Lipinski definition) is 2. The molecule has 1 heterocycles. The number of carbonyl (C=O) groups is 1. The first-order chi connectivity index (χ1) is 8.65. The smallest absolute Gasteiger partial charge is 0.230 e. The van der Waals surface area contributed by atoms with Crippen LogP contribution >= 0.6 is 0 Å². The standard InChI is InChI=1S/C13H12FN3O/c14-10-5-3-9(4-6-10)8-12(18)17-13-11(15)2-1-7-16-13/h1-7H,8,15H2,(H,16,17,18). The molecule has 18 heavy (non-hydrogen) atoms. The van der Waals surface area contributed by atoms with Crippen molar-refractivity contribution in [1.82, 2.24) is 4.98 Å². The molecule has 0 spiro atoms. The van der Waals surface area contributed by atoms with Crippen LogP contribution in [-0.4, -0.2) is 10.9 Å². The number of pyridine rings is 1. The summed E-state index contributed by atoms with van der Waals surface area (Å²) in [5.41, 5.74) is 6.79. The van der Waals surface area contributed by atoms with Gasteiger partial charge in [0.05, 0.1) is 12.1 Å². The maximum atomic E-state index is 12.7. The van der Waals surface area contributed by atoms with Gasteiger partial charge in [-0.1, -0.05) is 12.1 Å². The van der Waals surface area contributed by atoms with Crippen LogP contribution in [0.25, 0.3) is 0 Å². The minimum Gasteiger partial charge on any atom is -0.396 e. The highest BCUT2D eigenvalue weighted by Gasteiger charge is 2.07. The van der Waals surface area contributed by atoms with Gasteiger partial charge in [0.25, 0.3) is 0 Å². The first-order valence-electron chi connectivity index (χ1n) is 5.40. The monoisotopic (exact) mass is 245 g/mol. The fourth-order valence-electron chi connectivity index (χ4n) is 1.49. The van der Waals surface area contributed by atoms with Crippen molar-refractivity contribution in [3.8, 4) is 0 Å². The Bertz CT molecular complexity index is 554. The summed E-state index contributed by atoms with van der Waals surface area (Å²) in [6.45, 7) is 0. The van der Waals surface area contributed by atoms with Crippen LogP contribution in [0.1, 0.15) is 5.56 Å². The molecule has 0 unspecified atom stereocenters. The van der Waals surface area contributed by atoms with Gasteiger partial charge in [-0.3, -0.25) is 4.79 Å². The van der Waals surface area contributed by atoms with E-state index in [1.54, 1.807) is 30.5 Å². The predicted molar refractivity (Wildman–Crippen MR) is 67.4 cm³/mol. The van der Waals surface area contributed by atoms with Gasteiger partial charge in [-0.25, -0.2) is 9.37 Å². The second-order valence-electron chi connectivity index (χ2n) is 3.79. The largest absolute Gasteiger partial charge is 0.396 e. The Morgan fingerprint density at radius 1 is 1.28 bits per heavy atom. The number of nitrogens with two attached hydrogens (primary N) is 1. The SMILES string of the molecule is Nc1cccnc1NC(=O)Cc1ccc(F)cc1. The molecule has 0 aliphatic rings. The third-order valence-electron chi connectivity index (χ3n) is 2.37. The Kier molecular flexibility index (Phi) is 3.52. The number of anilines is 2. The summed E-state index contributed by atoms with van der Waals surface area (Å²) < 4.78 is 12.7. The number of nitrogens with zero attached hydrogens (tertiary/aromatic N) is 1. The molecule has 0 radical (unpaired) electrons. The lowest BCUT2D eigenvalue weighted by atomic mass is 10.1. The van der Waals surface area contributed by atoms with Gasteiger partial charge in [0, 0.05) is 6.20 Å². The summed E-state index contributed by atoms with van der Waals surface area (Å²) in [5, 5.41) is 2.60. The molecule has 0 saturated heterocycles. The van der Waals surface area contributed by atoms with Crippen molar-refractivity contribution in [1.29, 1.82) is 0 Å². The van der Waals surface area contributed by atoms with Crippen molar-refractivity contribution in [3.05, 3.63) is 54.0 Å². The van der Waals surface area contributed by atoms with Gasteiger partial charge < -0.3 is 11.1 Å². The summed E-state index contributed by atoms with van der Waals surface area (Å²) in [5.74, 6) is -0.232. The molecule has 5 heteroatoms. The summed E-state index contributed by atoms with van der Waals surface area (Å²) in [6, 6.07) is 9.11. The topological polar surface area (TPSA) is 68.0 Å². The molecule has 3 N–H and O–H groups in total. The van der Waals surface area contributed by atoms with Gasteiger partial charge in [-0.2, -0.15) is 0 Å². The lowest BCUT2D eigenvalue weighted by Gasteiger charge is -2.06. The highest BCUT2D eigenvalue weighted by atomic mass is 19.1. The maximum Gasteiger partial charge on any atom is 0.230 e. The van der Waals surface area contributed by atoms with Gasteiger partial charge in [0.1, 0.15) is 5.82 Å². The van der Waals surface area contributed by atoms with Crippen molar-refractivity contribution in [2.24, 2.45) is 0 Å². The van der Waals surface area contributed by atoms with Gasteiger partial charge >= 0.3 is 0 Å². The zero-order valence-electron chi connectivity index (χ0n) is 9.56. The number of nitrogen functional groups attached to an aromatic ring is 1. The molecule has 0 fully saturated rings. The summed E-state index contributed by atoms with van der Waals surface area (Å²) in [6.07, 6.45) is 1.69. The molecule has 2 rings (SSSR count). The molecule has 0 saturated carbocycles. The minimum atomic E-state index is -0.326. The first-order valence-corrected chi connectivity index (χ1v) is 5.40. The number of rotatable bonds is 3. The van der Waals surface area contributed by atoms with E-state index < -0.39 is 0 Å². The van der Waals surface area contributed by atoms with E-state index in [1.165, 1.54) is 12.1 Å². The molecule has 0 atom stereocenters. The fraction of sp³-hybridized carbons (Fsp3) is 0.0769. The van der Waals surface area contributed by atoms with Crippen LogP contribution in [-0.2, 0) is 11.2 Å². The highest BCUT2D eigenvalue weighted by Crippen LogP contribution is 2.13. The van der Waals surface area contributed by atoms with Gasteiger partial charge in [0.15, 0.2) is 5.82 Å². The van der Waals surface area contributed by atoms with Crippen molar-refractivity contribution in [3.63, 3.8) is 0 Å². The number of benzene rings is 1. The van der Waals surface area contributed by atoms with Crippen LogP contribution in [0.15, 0.2) is 42.6 Å². The molecule has 4 nitrogen and oxygen atoms in total. The van der Waals surface area contributed by atoms with E-state index >= 15 is 0 Å². The van der Waals surface area contributed by atoms with Crippen LogP contribution in [0.2, 0.25) is 0 Å². The molecular formula is C13H12FN3O. The number of aromatic nitrogens is 1. The van der Waals surface area contributed by atoms with E-state index in [0.717, 1.165) is 5.56 Å². The Morgan fingerprint density at radius 2 is 2.00 bits per heavy atom. The molecule has 0 aliphatic carbocycles. The van der Waals surface area contributed by atoms with Crippen molar-refractivity contribution >= 4 is 17.4 Å².